The van der Waals surface area contributed by atoms with Gasteiger partial charge in [0.05, 0.1) is 17.8 Å². The molecule has 2 aromatic rings. The number of benzene rings is 1. The van der Waals surface area contributed by atoms with Crippen molar-refractivity contribution in [1.82, 2.24) is 4.98 Å². The van der Waals surface area contributed by atoms with Crippen LogP contribution in [-0.2, 0) is 12.8 Å². The maximum atomic E-state index is 5.33. The lowest BCUT2D eigenvalue weighted by Gasteiger charge is -2.05. The van der Waals surface area contributed by atoms with E-state index < -0.39 is 0 Å². The molecule has 0 saturated carbocycles. The average Bonchev–Trinajstić information content (AvgIpc) is 2.77. The van der Waals surface area contributed by atoms with Gasteiger partial charge in [0, 0.05) is 17.4 Å². The Morgan fingerprint density at radius 2 is 2.12 bits per heavy atom. The molecule has 0 radical (unpaired) electrons. The first kappa shape index (κ1) is 11.1. The summed E-state index contributed by atoms with van der Waals surface area (Å²) in [6, 6.07) is 8.10. The molecule has 1 aromatic heterocycles. The van der Waals surface area contributed by atoms with Gasteiger partial charge in [-0.25, -0.2) is 4.98 Å². The summed E-state index contributed by atoms with van der Waals surface area (Å²) in [6.45, 7) is 2.13. The number of aromatic nitrogens is 1. The topological polar surface area (TPSA) is 22.1 Å². The minimum Gasteiger partial charge on any atom is -0.496 e. The number of ether oxygens (including phenoxy) is 1. The van der Waals surface area contributed by atoms with E-state index >= 15 is 0 Å². The Balaban J connectivity index is 2.19. The van der Waals surface area contributed by atoms with Crippen LogP contribution in [0.25, 0.3) is 0 Å². The molecule has 0 aliphatic heterocycles. The zero-order valence-corrected chi connectivity index (χ0v) is 10.4. The standard InChI is InChI=1S/C13H15NOS/c1-3-11-9-16-13(14-11)8-10-6-4-5-7-12(10)15-2/h4-7,9H,3,8H2,1-2H3. The van der Waals surface area contributed by atoms with Crippen LogP contribution in [0.2, 0.25) is 0 Å². The molecule has 0 spiro atoms. The van der Waals surface area contributed by atoms with Crippen LogP contribution in [0.4, 0.5) is 0 Å². The van der Waals surface area contributed by atoms with Crippen LogP contribution in [0.1, 0.15) is 23.2 Å². The summed E-state index contributed by atoms with van der Waals surface area (Å²) in [5.41, 5.74) is 2.37. The minimum atomic E-state index is 0.856. The molecule has 1 aromatic carbocycles. The molecule has 3 heteroatoms. The Labute approximate surface area is 99.9 Å². The van der Waals surface area contributed by atoms with E-state index in [4.69, 9.17) is 4.74 Å². The van der Waals surface area contributed by atoms with Crippen molar-refractivity contribution in [3.63, 3.8) is 0 Å². The van der Waals surface area contributed by atoms with E-state index in [1.54, 1.807) is 18.4 Å². The van der Waals surface area contributed by atoms with Gasteiger partial charge in [-0.05, 0) is 12.5 Å². The maximum Gasteiger partial charge on any atom is 0.122 e. The van der Waals surface area contributed by atoms with E-state index in [0.29, 0.717) is 0 Å². The Morgan fingerprint density at radius 3 is 2.81 bits per heavy atom. The van der Waals surface area contributed by atoms with Crippen LogP contribution in [0, 0.1) is 0 Å². The highest BCUT2D eigenvalue weighted by molar-refractivity contribution is 7.09. The van der Waals surface area contributed by atoms with Crippen LogP contribution in [0.5, 0.6) is 5.75 Å². The fourth-order valence-electron chi connectivity index (χ4n) is 1.60. The predicted molar refractivity (Wildman–Crippen MR) is 67.3 cm³/mol. The van der Waals surface area contributed by atoms with Gasteiger partial charge in [0.15, 0.2) is 0 Å². The SMILES string of the molecule is CCc1csc(Cc2ccccc2OC)n1. The van der Waals surface area contributed by atoms with Gasteiger partial charge in [0.2, 0.25) is 0 Å². The van der Waals surface area contributed by atoms with Gasteiger partial charge in [-0.15, -0.1) is 11.3 Å². The third kappa shape index (κ3) is 2.42. The van der Waals surface area contributed by atoms with Crippen LogP contribution >= 0.6 is 11.3 Å². The molecule has 0 atom stereocenters. The fraction of sp³-hybridized carbons (Fsp3) is 0.308. The van der Waals surface area contributed by atoms with Crippen molar-refractivity contribution < 1.29 is 4.74 Å². The van der Waals surface area contributed by atoms with Crippen LogP contribution in [0.15, 0.2) is 29.6 Å². The minimum absolute atomic E-state index is 0.856. The van der Waals surface area contributed by atoms with Gasteiger partial charge in [-0.3, -0.25) is 0 Å². The molecule has 0 bridgehead atoms. The van der Waals surface area contributed by atoms with E-state index in [9.17, 15) is 0 Å². The van der Waals surface area contributed by atoms with E-state index in [1.807, 2.05) is 18.2 Å². The lowest BCUT2D eigenvalue weighted by Crippen LogP contribution is -1.93. The fourth-order valence-corrected chi connectivity index (χ4v) is 2.50. The summed E-state index contributed by atoms with van der Waals surface area (Å²) in [5.74, 6) is 0.941. The van der Waals surface area contributed by atoms with Crippen LogP contribution in [-0.4, -0.2) is 12.1 Å². The monoisotopic (exact) mass is 233 g/mol. The lowest BCUT2D eigenvalue weighted by molar-refractivity contribution is 0.410. The maximum absolute atomic E-state index is 5.33. The molecular weight excluding hydrogens is 218 g/mol. The molecule has 0 amide bonds. The van der Waals surface area contributed by atoms with Crippen molar-refractivity contribution in [2.45, 2.75) is 19.8 Å². The number of nitrogens with zero attached hydrogens (tertiary/aromatic N) is 1. The normalized spacial score (nSPS) is 10.4. The molecule has 84 valence electrons. The Hall–Kier alpha value is -1.35. The summed E-state index contributed by atoms with van der Waals surface area (Å²) < 4.78 is 5.33. The summed E-state index contributed by atoms with van der Waals surface area (Å²) in [4.78, 5) is 4.56. The first-order chi connectivity index (χ1) is 7.83. The van der Waals surface area contributed by atoms with Gasteiger partial charge in [-0.1, -0.05) is 25.1 Å². The van der Waals surface area contributed by atoms with Crippen molar-refractivity contribution in [1.29, 1.82) is 0 Å². The Morgan fingerprint density at radius 1 is 1.31 bits per heavy atom. The molecule has 0 aliphatic carbocycles. The van der Waals surface area contributed by atoms with Crippen molar-refractivity contribution >= 4 is 11.3 Å². The number of aryl methyl sites for hydroxylation is 1. The highest BCUT2D eigenvalue weighted by Crippen LogP contribution is 2.22. The van der Waals surface area contributed by atoms with Crippen molar-refractivity contribution in [2.24, 2.45) is 0 Å². The Bertz CT molecular complexity index is 464. The highest BCUT2D eigenvalue weighted by Gasteiger charge is 2.06. The second-order valence-electron chi connectivity index (χ2n) is 3.57. The lowest BCUT2D eigenvalue weighted by atomic mass is 10.1. The number of methoxy groups -OCH3 is 1. The number of rotatable bonds is 4. The molecule has 2 nitrogen and oxygen atoms in total. The quantitative estimate of drug-likeness (QED) is 0.808. The molecule has 0 fully saturated rings. The Kier molecular flexibility index (Phi) is 3.57. The molecule has 0 aliphatic rings. The smallest absolute Gasteiger partial charge is 0.122 e. The third-order valence-corrected chi connectivity index (χ3v) is 3.39. The van der Waals surface area contributed by atoms with Crippen molar-refractivity contribution in [3.8, 4) is 5.75 Å². The molecule has 0 N–H and O–H groups in total. The van der Waals surface area contributed by atoms with Crippen molar-refractivity contribution in [2.75, 3.05) is 7.11 Å². The zero-order chi connectivity index (χ0) is 11.4. The second kappa shape index (κ2) is 5.12. The highest BCUT2D eigenvalue weighted by atomic mass is 32.1. The summed E-state index contributed by atoms with van der Waals surface area (Å²) in [5, 5.41) is 3.28. The number of thiazole rings is 1. The largest absolute Gasteiger partial charge is 0.496 e. The van der Waals surface area contributed by atoms with Gasteiger partial charge >= 0.3 is 0 Å². The summed E-state index contributed by atoms with van der Waals surface area (Å²) >= 11 is 1.72. The average molecular weight is 233 g/mol. The first-order valence-corrected chi connectivity index (χ1v) is 6.26. The van der Waals surface area contributed by atoms with E-state index in [-0.39, 0.29) is 0 Å². The van der Waals surface area contributed by atoms with Gasteiger partial charge in [-0.2, -0.15) is 0 Å². The number of hydrogen-bond donors (Lipinski definition) is 0. The van der Waals surface area contributed by atoms with Crippen molar-refractivity contribution in [3.05, 3.63) is 45.9 Å². The third-order valence-electron chi connectivity index (χ3n) is 2.50. The zero-order valence-electron chi connectivity index (χ0n) is 9.56. The van der Waals surface area contributed by atoms with Crippen LogP contribution < -0.4 is 4.74 Å². The number of hydrogen-bond acceptors (Lipinski definition) is 3. The van der Waals surface area contributed by atoms with Gasteiger partial charge < -0.3 is 4.74 Å². The molecule has 0 unspecified atom stereocenters. The second-order valence-corrected chi connectivity index (χ2v) is 4.52. The molecule has 0 saturated heterocycles. The predicted octanol–water partition coefficient (Wildman–Crippen LogP) is 3.30. The van der Waals surface area contributed by atoms with Gasteiger partial charge in [0.25, 0.3) is 0 Å². The van der Waals surface area contributed by atoms with E-state index in [0.717, 1.165) is 23.6 Å². The molecule has 1 heterocycles. The van der Waals surface area contributed by atoms with Gasteiger partial charge in [0.1, 0.15) is 5.75 Å². The molecule has 2 rings (SSSR count). The molecular formula is C13H15NOS. The number of para-hydroxylation sites is 1. The van der Waals surface area contributed by atoms with Crippen LogP contribution in [0.3, 0.4) is 0 Å². The summed E-state index contributed by atoms with van der Waals surface area (Å²) in [6.07, 6.45) is 1.86. The van der Waals surface area contributed by atoms with E-state index in [2.05, 4.69) is 23.4 Å². The van der Waals surface area contributed by atoms with E-state index in [1.165, 1.54) is 11.3 Å². The summed E-state index contributed by atoms with van der Waals surface area (Å²) in [7, 11) is 1.71. The first-order valence-electron chi connectivity index (χ1n) is 5.38. The molecule has 16 heavy (non-hydrogen) atoms.